The molecular weight excluding hydrogens is 230 g/mol. The fourth-order valence-corrected chi connectivity index (χ4v) is 2.65. The molecule has 106 valence electrons. The summed E-state index contributed by atoms with van der Waals surface area (Å²) in [6, 6.07) is -0.115. The number of carbonyl (C=O) groups excluding carboxylic acids is 1. The van der Waals surface area contributed by atoms with Gasteiger partial charge in [0.1, 0.15) is 5.54 Å². The molecule has 0 aliphatic carbocycles. The van der Waals surface area contributed by atoms with E-state index in [-0.39, 0.29) is 17.9 Å². The van der Waals surface area contributed by atoms with Gasteiger partial charge < -0.3 is 10.0 Å². The van der Waals surface area contributed by atoms with Gasteiger partial charge in [0.05, 0.1) is 0 Å². The molecule has 0 saturated heterocycles. The summed E-state index contributed by atoms with van der Waals surface area (Å²) in [7, 11) is 0. The summed E-state index contributed by atoms with van der Waals surface area (Å²) in [5, 5.41) is 9.67. The molecule has 18 heavy (non-hydrogen) atoms. The number of amides is 1. The lowest BCUT2D eigenvalue weighted by Gasteiger charge is -2.43. The third-order valence-corrected chi connectivity index (χ3v) is 3.05. The Labute approximate surface area is 110 Å². The smallest absolute Gasteiger partial charge is 0.329 e. The van der Waals surface area contributed by atoms with Gasteiger partial charge in [-0.3, -0.25) is 4.79 Å². The molecule has 0 unspecified atom stereocenters. The molecule has 0 bridgehead atoms. The van der Waals surface area contributed by atoms with Crippen molar-refractivity contribution < 1.29 is 14.7 Å². The van der Waals surface area contributed by atoms with E-state index in [1.165, 1.54) is 4.90 Å². The number of hydrogen-bond acceptors (Lipinski definition) is 2. The number of rotatable bonds is 8. The topological polar surface area (TPSA) is 57.6 Å². The average molecular weight is 257 g/mol. The third kappa shape index (κ3) is 4.00. The van der Waals surface area contributed by atoms with E-state index in [0.29, 0.717) is 19.3 Å². The maximum absolute atomic E-state index is 11.8. The summed E-state index contributed by atoms with van der Waals surface area (Å²) in [5.41, 5.74) is -1.09. The first-order valence-corrected chi connectivity index (χ1v) is 6.64. The Kier molecular flexibility index (Phi) is 6.36. The van der Waals surface area contributed by atoms with Crippen LogP contribution >= 0.6 is 0 Å². The fourth-order valence-electron chi connectivity index (χ4n) is 2.65. The number of carboxylic acids is 1. The molecule has 0 rings (SSSR count). The first kappa shape index (κ1) is 16.9. The summed E-state index contributed by atoms with van der Waals surface area (Å²) in [5.74, 6) is -0.451. The van der Waals surface area contributed by atoms with Crippen LogP contribution in [0, 0.1) is 11.8 Å². The van der Waals surface area contributed by atoms with Gasteiger partial charge in [0.25, 0.3) is 0 Å². The molecule has 0 aromatic heterocycles. The van der Waals surface area contributed by atoms with Gasteiger partial charge in [-0.05, 0) is 38.5 Å². The van der Waals surface area contributed by atoms with E-state index in [1.54, 1.807) is 0 Å². The number of aliphatic carboxylic acids is 1. The standard InChI is InChI=1S/C14H27NO3/c1-10(2)7-14(13(17)18,8-11(3)4)15(9-16)12(5)6/h9-12H,7-8H2,1-6H3,(H,17,18). The number of nitrogens with zero attached hydrogens (tertiary/aromatic N) is 1. The van der Waals surface area contributed by atoms with Crippen LogP contribution in [0.3, 0.4) is 0 Å². The average Bonchev–Trinajstić information content (AvgIpc) is 2.14. The van der Waals surface area contributed by atoms with E-state index in [2.05, 4.69) is 0 Å². The predicted molar refractivity (Wildman–Crippen MR) is 72.3 cm³/mol. The van der Waals surface area contributed by atoms with Crippen molar-refractivity contribution >= 4 is 12.4 Å². The largest absolute Gasteiger partial charge is 0.479 e. The monoisotopic (exact) mass is 257 g/mol. The Balaban J connectivity index is 5.56. The van der Waals surface area contributed by atoms with Gasteiger partial charge in [-0.1, -0.05) is 27.7 Å². The zero-order valence-electron chi connectivity index (χ0n) is 12.4. The van der Waals surface area contributed by atoms with Crippen LogP contribution in [-0.2, 0) is 9.59 Å². The molecule has 0 aromatic rings. The van der Waals surface area contributed by atoms with E-state index in [0.717, 1.165) is 0 Å². The SMILES string of the molecule is CC(C)CC(CC(C)C)(C(=O)O)N(C=O)C(C)C. The number of hydrogen-bond donors (Lipinski definition) is 1. The van der Waals surface area contributed by atoms with Crippen molar-refractivity contribution in [2.24, 2.45) is 11.8 Å². The maximum atomic E-state index is 11.8. The summed E-state index contributed by atoms with van der Waals surface area (Å²) >= 11 is 0. The molecule has 0 aromatic carbocycles. The van der Waals surface area contributed by atoms with Crippen molar-refractivity contribution in [2.75, 3.05) is 0 Å². The van der Waals surface area contributed by atoms with Crippen molar-refractivity contribution in [1.29, 1.82) is 0 Å². The lowest BCUT2D eigenvalue weighted by Crippen LogP contribution is -2.58. The predicted octanol–water partition coefficient (Wildman–Crippen LogP) is 2.77. The molecule has 0 heterocycles. The second kappa shape index (κ2) is 6.76. The Morgan fingerprint density at radius 3 is 1.67 bits per heavy atom. The van der Waals surface area contributed by atoms with Crippen LogP contribution in [-0.4, -0.2) is 34.0 Å². The van der Waals surface area contributed by atoms with Gasteiger partial charge in [-0.15, -0.1) is 0 Å². The van der Waals surface area contributed by atoms with Crippen LogP contribution < -0.4 is 0 Å². The van der Waals surface area contributed by atoms with Crippen LogP contribution in [0.4, 0.5) is 0 Å². The molecule has 0 saturated carbocycles. The van der Waals surface area contributed by atoms with Gasteiger partial charge in [-0.25, -0.2) is 4.79 Å². The van der Waals surface area contributed by atoms with Gasteiger partial charge in [0.2, 0.25) is 6.41 Å². The minimum atomic E-state index is -1.09. The second-order valence-corrected chi connectivity index (χ2v) is 6.14. The van der Waals surface area contributed by atoms with Crippen molar-refractivity contribution in [2.45, 2.75) is 66.0 Å². The lowest BCUT2D eigenvalue weighted by molar-refractivity contribution is -0.160. The molecule has 0 fully saturated rings. The molecule has 1 amide bonds. The molecule has 0 atom stereocenters. The molecule has 4 nitrogen and oxygen atoms in total. The third-order valence-electron chi connectivity index (χ3n) is 3.05. The number of carboxylic acid groups (broad SMARTS) is 1. The Morgan fingerprint density at radius 2 is 1.50 bits per heavy atom. The maximum Gasteiger partial charge on any atom is 0.329 e. The van der Waals surface area contributed by atoms with Gasteiger partial charge in [-0.2, -0.15) is 0 Å². The van der Waals surface area contributed by atoms with Crippen molar-refractivity contribution in [3.63, 3.8) is 0 Å². The zero-order chi connectivity index (χ0) is 14.5. The zero-order valence-corrected chi connectivity index (χ0v) is 12.4. The minimum absolute atomic E-state index is 0.115. The van der Waals surface area contributed by atoms with Gasteiger partial charge >= 0.3 is 5.97 Å². The highest BCUT2D eigenvalue weighted by molar-refractivity contribution is 5.81. The Bertz CT molecular complexity index is 275. The van der Waals surface area contributed by atoms with Crippen LogP contribution in [0.1, 0.15) is 54.4 Å². The second-order valence-electron chi connectivity index (χ2n) is 6.14. The van der Waals surface area contributed by atoms with E-state index >= 15 is 0 Å². The van der Waals surface area contributed by atoms with E-state index in [1.807, 2.05) is 41.5 Å². The van der Waals surface area contributed by atoms with Gasteiger partial charge in [0.15, 0.2) is 0 Å². The molecule has 0 spiro atoms. The van der Waals surface area contributed by atoms with Crippen molar-refractivity contribution in [3.05, 3.63) is 0 Å². The first-order valence-electron chi connectivity index (χ1n) is 6.64. The fraction of sp³-hybridized carbons (Fsp3) is 0.857. The Morgan fingerprint density at radius 1 is 1.11 bits per heavy atom. The normalized spacial score (nSPS) is 12.3. The van der Waals surface area contributed by atoms with Crippen LogP contribution in [0.2, 0.25) is 0 Å². The summed E-state index contributed by atoms with van der Waals surface area (Å²) in [6.07, 6.45) is 1.65. The molecule has 0 aliphatic rings. The van der Waals surface area contributed by atoms with Crippen molar-refractivity contribution in [1.82, 2.24) is 4.90 Å². The van der Waals surface area contributed by atoms with E-state index < -0.39 is 11.5 Å². The highest BCUT2D eigenvalue weighted by Crippen LogP contribution is 2.32. The Hall–Kier alpha value is -1.06. The van der Waals surface area contributed by atoms with Gasteiger partial charge in [0, 0.05) is 6.04 Å². The summed E-state index contributed by atoms with van der Waals surface area (Å²) < 4.78 is 0. The lowest BCUT2D eigenvalue weighted by atomic mass is 9.80. The van der Waals surface area contributed by atoms with Crippen LogP contribution in [0.15, 0.2) is 0 Å². The molecule has 1 N–H and O–H groups in total. The highest BCUT2D eigenvalue weighted by atomic mass is 16.4. The quantitative estimate of drug-likeness (QED) is 0.680. The molecular formula is C14H27NO3. The molecule has 0 aliphatic heterocycles. The van der Waals surface area contributed by atoms with E-state index in [9.17, 15) is 14.7 Å². The van der Waals surface area contributed by atoms with Crippen molar-refractivity contribution in [3.8, 4) is 0 Å². The van der Waals surface area contributed by atoms with Crippen LogP contribution in [0.25, 0.3) is 0 Å². The first-order chi connectivity index (χ1) is 8.17. The summed E-state index contributed by atoms with van der Waals surface area (Å²) in [4.78, 5) is 24.6. The minimum Gasteiger partial charge on any atom is -0.479 e. The van der Waals surface area contributed by atoms with E-state index in [4.69, 9.17) is 0 Å². The molecule has 4 heteroatoms. The highest BCUT2D eigenvalue weighted by Gasteiger charge is 2.45. The number of carbonyl (C=O) groups is 2. The summed E-state index contributed by atoms with van der Waals surface area (Å²) in [6.45, 7) is 11.7. The van der Waals surface area contributed by atoms with Crippen LogP contribution in [0.5, 0.6) is 0 Å². The molecule has 0 radical (unpaired) electrons.